The normalized spacial score (nSPS) is 13.9. The summed E-state index contributed by atoms with van der Waals surface area (Å²) in [7, 11) is -3.70. The van der Waals surface area contributed by atoms with Crippen molar-refractivity contribution < 1.29 is 17.2 Å². The van der Waals surface area contributed by atoms with Crippen LogP contribution >= 0.6 is 0 Å². The summed E-state index contributed by atoms with van der Waals surface area (Å²) in [6.45, 7) is 2.62. The van der Waals surface area contributed by atoms with Crippen LogP contribution in [-0.2, 0) is 10.0 Å². The van der Waals surface area contributed by atoms with Crippen molar-refractivity contribution >= 4 is 10.0 Å². The van der Waals surface area contributed by atoms with Crippen molar-refractivity contribution in [2.45, 2.75) is 12.5 Å². The van der Waals surface area contributed by atoms with Gasteiger partial charge in [0.25, 0.3) is 6.43 Å². The van der Waals surface area contributed by atoms with Gasteiger partial charge in [0.1, 0.15) is 6.04 Å². The smallest absolute Gasteiger partial charge is 0.261 e. The van der Waals surface area contributed by atoms with E-state index < -0.39 is 29.0 Å². The number of halogens is 2. The van der Waals surface area contributed by atoms with E-state index in [2.05, 4.69) is 11.7 Å². The van der Waals surface area contributed by atoms with Crippen molar-refractivity contribution in [1.82, 2.24) is 14.5 Å². The number of nitrogens with zero attached hydrogens (tertiary/aromatic N) is 2. The maximum Gasteiger partial charge on any atom is 0.261 e. The second kappa shape index (κ2) is 5.17. The highest BCUT2D eigenvalue weighted by Crippen LogP contribution is 2.14. The third kappa shape index (κ3) is 3.38. The first-order valence-corrected chi connectivity index (χ1v) is 5.90. The minimum absolute atomic E-state index is 0.437. The molecule has 0 spiro atoms. The monoisotopic (exact) mass is 251 g/mol. The van der Waals surface area contributed by atoms with Gasteiger partial charge in [-0.2, -0.15) is 5.10 Å². The van der Waals surface area contributed by atoms with E-state index >= 15 is 0 Å². The average Bonchev–Trinajstić information content (AvgIpc) is 2.71. The molecule has 0 aliphatic carbocycles. The van der Waals surface area contributed by atoms with Crippen LogP contribution in [0.1, 0.15) is 6.04 Å². The van der Waals surface area contributed by atoms with Gasteiger partial charge in [0, 0.05) is 24.3 Å². The topological polar surface area (TPSA) is 64.0 Å². The summed E-state index contributed by atoms with van der Waals surface area (Å²) in [5, 5.41) is 4.31. The van der Waals surface area contributed by atoms with Crippen LogP contribution in [0.25, 0.3) is 0 Å². The number of aromatic nitrogens is 2. The summed E-state index contributed by atoms with van der Waals surface area (Å²) < 4.78 is 50.2. The third-order valence-electron chi connectivity index (χ3n) is 1.87. The van der Waals surface area contributed by atoms with Crippen LogP contribution < -0.4 is 4.72 Å². The summed E-state index contributed by atoms with van der Waals surface area (Å²) in [5.74, 6) is 0. The summed E-state index contributed by atoms with van der Waals surface area (Å²) >= 11 is 0. The molecular formula is C8H11F2N3O2S. The Kier molecular flexibility index (Phi) is 4.13. The van der Waals surface area contributed by atoms with Crippen LogP contribution in [0, 0.1) is 0 Å². The van der Waals surface area contributed by atoms with Crippen LogP contribution in [0.3, 0.4) is 0 Å². The van der Waals surface area contributed by atoms with Gasteiger partial charge in [-0.3, -0.25) is 4.68 Å². The van der Waals surface area contributed by atoms with Crippen molar-refractivity contribution in [2.75, 3.05) is 6.54 Å². The van der Waals surface area contributed by atoms with Gasteiger partial charge >= 0.3 is 0 Å². The fourth-order valence-corrected chi connectivity index (χ4v) is 1.56. The number of hydrogen-bond donors (Lipinski definition) is 1. The molecule has 0 radical (unpaired) electrons. The van der Waals surface area contributed by atoms with E-state index in [4.69, 9.17) is 0 Å². The van der Waals surface area contributed by atoms with Gasteiger partial charge in [0.2, 0.25) is 10.0 Å². The lowest BCUT2D eigenvalue weighted by Crippen LogP contribution is -2.33. The number of alkyl halides is 2. The molecule has 0 aromatic carbocycles. The zero-order valence-electron chi connectivity index (χ0n) is 8.25. The minimum Gasteiger partial charge on any atom is -0.263 e. The predicted octanol–water partition coefficient (Wildman–Crippen LogP) is 0.752. The molecule has 1 unspecified atom stereocenters. The zero-order valence-corrected chi connectivity index (χ0v) is 9.07. The van der Waals surface area contributed by atoms with Gasteiger partial charge in [0.15, 0.2) is 0 Å². The van der Waals surface area contributed by atoms with E-state index in [1.165, 1.54) is 18.5 Å². The Morgan fingerprint density at radius 3 is 2.69 bits per heavy atom. The van der Waals surface area contributed by atoms with E-state index in [-0.39, 0.29) is 0 Å². The highest BCUT2D eigenvalue weighted by Gasteiger charge is 2.23. The summed E-state index contributed by atoms with van der Waals surface area (Å²) in [5.41, 5.74) is 0. The molecule has 0 aliphatic rings. The Labute approximate surface area is 91.8 Å². The zero-order chi connectivity index (χ0) is 12.2. The molecule has 1 N–H and O–H groups in total. The number of rotatable bonds is 6. The Bertz CT molecular complexity index is 430. The molecule has 0 bridgehead atoms. The van der Waals surface area contributed by atoms with Crippen molar-refractivity contribution in [1.29, 1.82) is 0 Å². The predicted molar refractivity (Wildman–Crippen MR) is 54.4 cm³/mol. The molecule has 0 aliphatic heterocycles. The molecule has 1 rings (SSSR count). The number of nitrogens with one attached hydrogen (secondary N) is 1. The van der Waals surface area contributed by atoms with Gasteiger partial charge in [-0.05, 0) is 6.07 Å². The second-order valence-electron chi connectivity index (χ2n) is 2.95. The highest BCUT2D eigenvalue weighted by atomic mass is 32.2. The van der Waals surface area contributed by atoms with Crippen LogP contribution in [0.2, 0.25) is 0 Å². The molecule has 0 fully saturated rings. The van der Waals surface area contributed by atoms with Crippen LogP contribution in [0.15, 0.2) is 30.4 Å². The molecule has 0 amide bonds. The van der Waals surface area contributed by atoms with Gasteiger partial charge < -0.3 is 0 Å². The van der Waals surface area contributed by atoms with Crippen LogP contribution in [0.4, 0.5) is 8.78 Å². The first-order valence-electron chi connectivity index (χ1n) is 4.35. The fourth-order valence-electron chi connectivity index (χ4n) is 1.04. The fraction of sp³-hybridized carbons (Fsp3) is 0.375. The highest BCUT2D eigenvalue weighted by molar-refractivity contribution is 7.92. The van der Waals surface area contributed by atoms with E-state index in [0.717, 1.165) is 4.68 Å². The molecule has 16 heavy (non-hydrogen) atoms. The molecular weight excluding hydrogens is 240 g/mol. The lowest BCUT2D eigenvalue weighted by molar-refractivity contribution is 0.0787. The second-order valence-corrected chi connectivity index (χ2v) is 4.66. The molecule has 0 saturated heterocycles. The molecule has 1 aromatic heterocycles. The van der Waals surface area contributed by atoms with E-state index in [9.17, 15) is 17.2 Å². The van der Waals surface area contributed by atoms with Crippen molar-refractivity contribution in [2.24, 2.45) is 0 Å². The Hall–Kier alpha value is -1.28. The van der Waals surface area contributed by atoms with E-state index in [1.807, 2.05) is 4.72 Å². The lowest BCUT2D eigenvalue weighted by Gasteiger charge is -2.16. The number of sulfonamides is 1. The molecule has 8 heteroatoms. The van der Waals surface area contributed by atoms with Gasteiger partial charge in [0.05, 0.1) is 0 Å². The quantitative estimate of drug-likeness (QED) is 0.811. The summed E-state index contributed by atoms with van der Waals surface area (Å²) in [6, 6.07) is 0.155. The standard InChI is InChI=1S/C8H11F2N3O2S/c1-2-16(14,15)12-6-7(8(9)10)13-5-3-4-11-13/h2-5,7-8,12H,1,6H2. The van der Waals surface area contributed by atoms with Gasteiger partial charge in [-0.15, -0.1) is 0 Å². The van der Waals surface area contributed by atoms with E-state index in [0.29, 0.717) is 5.41 Å². The van der Waals surface area contributed by atoms with Crippen LogP contribution in [-0.4, -0.2) is 31.2 Å². The van der Waals surface area contributed by atoms with Crippen molar-refractivity contribution in [3.8, 4) is 0 Å². The number of hydrogen-bond acceptors (Lipinski definition) is 3. The Balaban J connectivity index is 2.71. The Morgan fingerprint density at radius 2 is 2.25 bits per heavy atom. The largest absolute Gasteiger partial charge is 0.263 e. The lowest BCUT2D eigenvalue weighted by atomic mass is 10.3. The first-order chi connectivity index (χ1) is 7.46. The molecule has 0 saturated carbocycles. The van der Waals surface area contributed by atoms with Crippen LogP contribution in [0.5, 0.6) is 0 Å². The molecule has 1 atom stereocenters. The summed E-state index contributed by atoms with van der Waals surface area (Å²) in [4.78, 5) is 0. The van der Waals surface area contributed by atoms with Gasteiger partial charge in [-0.25, -0.2) is 21.9 Å². The molecule has 5 nitrogen and oxygen atoms in total. The van der Waals surface area contributed by atoms with Crippen molar-refractivity contribution in [3.63, 3.8) is 0 Å². The average molecular weight is 251 g/mol. The maximum absolute atomic E-state index is 12.6. The molecule has 1 heterocycles. The SMILES string of the molecule is C=CS(=O)(=O)NCC(C(F)F)n1cccn1. The summed E-state index contributed by atoms with van der Waals surface area (Å²) in [6.07, 6.45) is -0.0245. The van der Waals surface area contributed by atoms with Crippen molar-refractivity contribution in [3.05, 3.63) is 30.4 Å². The third-order valence-corrected chi connectivity index (χ3v) is 2.88. The maximum atomic E-state index is 12.6. The molecule has 90 valence electrons. The first kappa shape index (κ1) is 12.8. The Morgan fingerprint density at radius 1 is 1.56 bits per heavy atom. The van der Waals surface area contributed by atoms with E-state index in [1.54, 1.807) is 0 Å². The molecule has 1 aromatic rings. The minimum atomic E-state index is -3.70. The van der Waals surface area contributed by atoms with Gasteiger partial charge in [-0.1, -0.05) is 6.58 Å².